The van der Waals surface area contributed by atoms with Gasteiger partial charge in [0.1, 0.15) is 5.82 Å². The van der Waals surface area contributed by atoms with Crippen molar-refractivity contribution in [2.75, 3.05) is 18.8 Å². The number of aromatic amines is 1. The molecule has 1 heterocycles. The summed E-state index contributed by atoms with van der Waals surface area (Å²) in [4.78, 5) is 18.1. The monoisotopic (exact) mass is 366 g/mol. The second-order valence-corrected chi connectivity index (χ2v) is 6.18. The maximum atomic E-state index is 12.3. The van der Waals surface area contributed by atoms with Crippen molar-refractivity contribution in [3.63, 3.8) is 0 Å². The number of benzene rings is 1. The van der Waals surface area contributed by atoms with E-state index in [0.717, 1.165) is 5.56 Å². The highest BCUT2D eigenvalue weighted by atomic mass is 32.2. The predicted octanol–water partition coefficient (Wildman–Crippen LogP) is 2.72. The molecule has 1 N–H and O–H groups in total. The Kier molecular flexibility index (Phi) is 7.91. The first-order valence-corrected chi connectivity index (χ1v) is 9.01. The number of amides is 1. The van der Waals surface area contributed by atoms with Gasteiger partial charge in [-0.05, 0) is 11.6 Å². The maximum Gasteiger partial charge on any atom is 0.233 e. The zero-order valence-electron chi connectivity index (χ0n) is 14.1. The first-order chi connectivity index (χ1) is 12.7. The number of aromatic nitrogens is 3. The van der Waals surface area contributed by atoms with E-state index in [2.05, 4.69) is 15.2 Å². The van der Waals surface area contributed by atoms with Crippen LogP contribution < -0.4 is 0 Å². The molecule has 0 bridgehead atoms. The van der Waals surface area contributed by atoms with E-state index in [1.807, 2.05) is 54.6 Å². The van der Waals surface area contributed by atoms with Gasteiger partial charge in [-0.25, -0.2) is 4.98 Å². The Morgan fingerprint density at radius 1 is 1.15 bits per heavy atom. The fraction of sp³-hybridized carbons (Fsp3) is 0.278. The van der Waals surface area contributed by atoms with Crippen LogP contribution in [0, 0.1) is 22.7 Å². The van der Waals surface area contributed by atoms with Crippen molar-refractivity contribution in [2.24, 2.45) is 0 Å². The standard InChI is InChI=1S/C18H18N6OS/c19-10-4-12-24(13-5-11-20)17(25)14-26-18-21-16(22-23-18)9-8-15-6-2-1-3-7-15/h1-3,6-9H,4-5,12-14H2,(H,21,22,23)/b9-8+. The number of carbonyl (C=O) groups is 1. The Bertz CT molecular complexity index is 800. The zero-order chi connectivity index (χ0) is 18.6. The van der Waals surface area contributed by atoms with E-state index < -0.39 is 0 Å². The van der Waals surface area contributed by atoms with Crippen molar-refractivity contribution in [1.29, 1.82) is 10.5 Å². The Balaban J connectivity index is 1.87. The van der Waals surface area contributed by atoms with E-state index in [1.54, 1.807) is 0 Å². The quantitative estimate of drug-likeness (QED) is 0.683. The molecule has 0 aliphatic heterocycles. The van der Waals surface area contributed by atoms with Crippen molar-refractivity contribution < 1.29 is 4.79 Å². The predicted molar refractivity (Wildman–Crippen MR) is 99.5 cm³/mol. The van der Waals surface area contributed by atoms with Gasteiger partial charge in [-0.3, -0.25) is 9.89 Å². The molecular weight excluding hydrogens is 348 g/mol. The molecule has 1 amide bonds. The van der Waals surface area contributed by atoms with Crippen LogP contribution in [0.3, 0.4) is 0 Å². The van der Waals surface area contributed by atoms with E-state index in [0.29, 0.717) is 24.1 Å². The van der Waals surface area contributed by atoms with E-state index in [4.69, 9.17) is 10.5 Å². The van der Waals surface area contributed by atoms with Crippen LogP contribution in [0.5, 0.6) is 0 Å². The summed E-state index contributed by atoms with van der Waals surface area (Å²) in [5.41, 5.74) is 1.05. The minimum atomic E-state index is -0.133. The highest BCUT2D eigenvalue weighted by Crippen LogP contribution is 2.14. The Labute approximate surface area is 156 Å². The number of nitrogens with one attached hydrogen (secondary N) is 1. The number of H-pyrrole nitrogens is 1. The van der Waals surface area contributed by atoms with Crippen LogP contribution >= 0.6 is 11.8 Å². The molecule has 7 nitrogen and oxygen atoms in total. The lowest BCUT2D eigenvalue weighted by molar-refractivity contribution is -0.128. The van der Waals surface area contributed by atoms with Crippen LogP contribution in [-0.2, 0) is 4.79 Å². The lowest BCUT2D eigenvalue weighted by Gasteiger charge is -2.19. The van der Waals surface area contributed by atoms with Crippen LogP contribution in [0.4, 0.5) is 0 Å². The molecule has 2 aromatic rings. The van der Waals surface area contributed by atoms with E-state index in [1.165, 1.54) is 16.7 Å². The molecule has 0 fully saturated rings. The van der Waals surface area contributed by atoms with Crippen molar-refractivity contribution in [1.82, 2.24) is 20.1 Å². The molecule has 0 saturated heterocycles. The summed E-state index contributed by atoms with van der Waals surface area (Å²) in [6.45, 7) is 0.660. The summed E-state index contributed by atoms with van der Waals surface area (Å²) in [5.74, 6) is 0.637. The normalized spacial score (nSPS) is 10.4. The third kappa shape index (κ3) is 6.42. The summed E-state index contributed by atoms with van der Waals surface area (Å²) in [5, 5.41) is 24.7. The summed E-state index contributed by atoms with van der Waals surface area (Å²) in [6, 6.07) is 13.9. The van der Waals surface area contributed by atoms with E-state index in [9.17, 15) is 4.79 Å². The lowest BCUT2D eigenvalue weighted by atomic mass is 10.2. The first-order valence-electron chi connectivity index (χ1n) is 8.03. The van der Waals surface area contributed by atoms with Gasteiger partial charge in [0.05, 0.1) is 30.7 Å². The molecule has 8 heteroatoms. The molecule has 0 radical (unpaired) electrons. The van der Waals surface area contributed by atoms with Gasteiger partial charge in [0.2, 0.25) is 11.1 Å². The highest BCUT2D eigenvalue weighted by Gasteiger charge is 2.14. The van der Waals surface area contributed by atoms with E-state index in [-0.39, 0.29) is 24.5 Å². The van der Waals surface area contributed by atoms with Crippen LogP contribution in [0.1, 0.15) is 24.2 Å². The van der Waals surface area contributed by atoms with Crippen LogP contribution in [0.25, 0.3) is 12.2 Å². The third-order valence-electron chi connectivity index (χ3n) is 3.38. The first kappa shape index (κ1) is 19.2. The Morgan fingerprint density at radius 3 is 2.50 bits per heavy atom. The molecule has 0 aliphatic carbocycles. The molecule has 0 spiro atoms. The van der Waals surface area contributed by atoms with E-state index >= 15 is 0 Å². The minimum absolute atomic E-state index is 0.133. The summed E-state index contributed by atoms with van der Waals surface area (Å²) < 4.78 is 0. The van der Waals surface area contributed by atoms with Crippen molar-refractivity contribution in [3.05, 3.63) is 41.7 Å². The Hall–Kier alpha value is -3.10. The fourth-order valence-electron chi connectivity index (χ4n) is 2.09. The lowest BCUT2D eigenvalue weighted by Crippen LogP contribution is -2.34. The SMILES string of the molecule is N#CCCN(CCC#N)C(=O)CSc1n[nH]c(/C=C/c2ccccc2)n1. The van der Waals surface area contributed by atoms with Crippen LogP contribution in [0.15, 0.2) is 35.5 Å². The summed E-state index contributed by atoms with van der Waals surface area (Å²) in [6.07, 6.45) is 4.24. The smallest absolute Gasteiger partial charge is 0.233 e. The fourth-order valence-corrected chi connectivity index (χ4v) is 2.79. The molecule has 2 rings (SSSR count). The van der Waals surface area contributed by atoms with Gasteiger partial charge in [0.15, 0.2) is 0 Å². The molecule has 0 aliphatic rings. The number of hydrogen-bond donors (Lipinski definition) is 1. The van der Waals surface area contributed by atoms with Crippen molar-refractivity contribution in [2.45, 2.75) is 18.0 Å². The van der Waals surface area contributed by atoms with Crippen molar-refractivity contribution in [3.8, 4) is 12.1 Å². The van der Waals surface area contributed by atoms with Gasteiger partial charge in [0, 0.05) is 13.1 Å². The molecular formula is C18H18N6OS. The van der Waals surface area contributed by atoms with Gasteiger partial charge in [-0.2, -0.15) is 10.5 Å². The number of carbonyl (C=O) groups excluding carboxylic acids is 1. The topological polar surface area (TPSA) is 109 Å². The molecule has 0 unspecified atom stereocenters. The molecule has 0 saturated carbocycles. The van der Waals surface area contributed by atoms with Crippen LogP contribution in [0.2, 0.25) is 0 Å². The minimum Gasteiger partial charge on any atom is -0.340 e. The molecule has 132 valence electrons. The summed E-state index contributed by atoms with van der Waals surface area (Å²) >= 11 is 1.22. The number of nitriles is 2. The van der Waals surface area contributed by atoms with Gasteiger partial charge >= 0.3 is 0 Å². The van der Waals surface area contributed by atoms with Gasteiger partial charge in [-0.1, -0.05) is 48.2 Å². The number of nitrogens with zero attached hydrogens (tertiary/aromatic N) is 5. The number of hydrogen-bond acceptors (Lipinski definition) is 6. The zero-order valence-corrected chi connectivity index (χ0v) is 14.9. The second kappa shape index (κ2) is 10.7. The van der Waals surface area contributed by atoms with Crippen molar-refractivity contribution >= 4 is 29.8 Å². The van der Waals surface area contributed by atoms with Gasteiger partial charge in [0.25, 0.3) is 0 Å². The molecule has 26 heavy (non-hydrogen) atoms. The number of rotatable bonds is 9. The Morgan fingerprint density at radius 2 is 1.85 bits per heavy atom. The number of thioether (sulfide) groups is 1. The highest BCUT2D eigenvalue weighted by molar-refractivity contribution is 7.99. The molecule has 0 atom stereocenters. The third-order valence-corrected chi connectivity index (χ3v) is 4.21. The average molecular weight is 366 g/mol. The summed E-state index contributed by atoms with van der Waals surface area (Å²) in [7, 11) is 0. The molecule has 1 aromatic heterocycles. The van der Waals surface area contributed by atoms with Gasteiger partial charge < -0.3 is 4.90 Å². The van der Waals surface area contributed by atoms with Crippen LogP contribution in [-0.4, -0.2) is 44.8 Å². The molecule has 1 aromatic carbocycles. The second-order valence-electron chi connectivity index (χ2n) is 5.23. The largest absolute Gasteiger partial charge is 0.340 e. The van der Waals surface area contributed by atoms with Gasteiger partial charge in [-0.15, -0.1) is 5.10 Å². The maximum absolute atomic E-state index is 12.3. The average Bonchev–Trinajstić information content (AvgIpc) is 3.13.